The van der Waals surface area contributed by atoms with Crippen molar-refractivity contribution < 1.29 is 0 Å². The number of benzene rings is 7. The Hall–Kier alpha value is -6.59. The molecule has 2 aromatic heterocycles. The summed E-state index contributed by atoms with van der Waals surface area (Å²) >= 11 is 0. The van der Waals surface area contributed by atoms with Gasteiger partial charge in [0.25, 0.3) is 0 Å². The van der Waals surface area contributed by atoms with Gasteiger partial charge in [0.15, 0.2) is 11.6 Å². The molecule has 0 radical (unpaired) electrons. The van der Waals surface area contributed by atoms with Crippen molar-refractivity contribution in [2.45, 2.75) is 0 Å². The van der Waals surface area contributed by atoms with E-state index in [9.17, 15) is 0 Å². The molecule has 0 atom stereocenters. The molecular weight excluding hydrogens is 587 g/mol. The van der Waals surface area contributed by atoms with Crippen LogP contribution in [-0.2, 0) is 0 Å². The lowest BCUT2D eigenvalue weighted by Crippen LogP contribution is -2.19. The average molecular weight is 614 g/mol. The Morgan fingerprint density at radius 1 is 0.417 bits per heavy atom. The van der Waals surface area contributed by atoms with Crippen LogP contribution < -0.4 is 4.90 Å². The molecule has 0 spiro atoms. The number of hydrogen-bond acceptors (Lipinski definition) is 4. The second-order valence-electron chi connectivity index (χ2n) is 12.1. The summed E-state index contributed by atoms with van der Waals surface area (Å²) in [5.41, 5.74) is 9.70. The van der Waals surface area contributed by atoms with Crippen molar-refractivity contribution in [1.82, 2.24) is 19.5 Å². The Kier molecular flexibility index (Phi) is 5.81. The third kappa shape index (κ3) is 4.01. The second kappa shape index (κ2) is 10.5. The van der Waals surface area contributed by atoms with Crippen LogP contribution in [0.1, 0.15) is 0 Å². The van der Waals surface area contributed by atoms with Crippen LogP contribution in [0.2, 0.25) is 0 Å². The average Bonchev–Trinajstić information content (AvgIpc) is 3.48. The molecule has 0 fully saturated rings. The van der Waals surface area contributed by atoms with E-state index in [2.05, 4.69) is 137 Å². The molecule has 0 saturated carbocycles. The molecule has 0 amide bonds. The van der Waals surface area contributed by atoms with Gasteiger partial charge >= 0.3 is 0 Å². The highest BCUT2D eigenvalue weighted by Gasteiger charge is 2.30. The van der Waals surface area contributed by atoms with Gasteiger partial charge in [-0.15, -0.1) is 0 Å². The molecule has 0 N–H and O–H groups in total. The SMILES string of the molecule is c1ccc(-c2nc(-c3ccccc3)nc(N3c4cc5c(cc4-c4cccc6cccc3c46)c3ccccc3n5-c3ccccc3)n2)cc1. The van der Waals surface area contributed by atoms with E-state index in [-0.39, 0.29) is 0 Å². The van der Waals surface area contributed by atoms with Gasteiger partial charge in [0.2, 0.25) is 5.95 Å². The molecule has 5 heteroatoms. The number of nitrogens with zero attached hydrogens (tertiary/aromatic N) is 5. The zero-order valence-corrected chi connectivity index (χ0v) is 25.8. The third-order valence-electron chi connectivity index (χ3n) is 9.35. The van der Waals surface area contributed by atoms with Gasteiger partial charge in [-0.05, 0) is 47.3 Å². The standard InChI is InChI=1S/C43H27N5/c1-4-14-29(15-5-1)41-44-42(30-16-6-2-7-17-30)46-43(45-41)48-37-25-13-19-28-18-12-23-33(40(28)37)35-26-34-32-22-10-11-24-36(32)47(38(34)27-39(35)48)31-20-8-3-9-21-31/h1-27H. The molecular formula is C43H27N5. The van der Waals surface area contributed by atoms with Crippen LogP contribution in [0, 0.1) is 0 Å². The van der Waals surface area contributed by atoms with Crippen LogP contribution in [0.25, 0.3) is 72.2 Å². The van der Waals surface area contributed by atoms with Gasteiger partial charge in [0.05, 0.1) is 22.4 Å². The number of rotatable bonds is 4. The predicted octanol–water partition coefficient (Wildman–Crippen LogP) is 10.9. The lowest BCUT2D eigenvalue weighted by atomic mass is 9.90. The molecule has 5 nitrogen and oxygen atoms in total. The minimum absolute atomic E-state index is 0.577. The van der Waals surface area contributed by atoms with Gasteiger partial charge in [-0.25, -0.2) is 4.98 Å². The van der Waals surface area contributed by atoms with E-state index in [0.717, 1.165) is 39.3 Å². The van der Waals surface area contributed by atoms with Crippen molar-refractivity contribution in [3.8, 4) is 39.6 Å². The summed E-state index contributed by atoms with van der Waals surface area (Å²) in [6, 6.07) is 57.3. The summed E-state index contributed by atoms with van der Waals surface area (Å²) in [5, 5.41) is 4.78. The van der Waals surface area contributed by atoms with E-state index in [1.165, 1.54) is 32.6 Å². The molecule has 1 aliphatic heterocycles. The van der Waals surface area contributed by atoms with E-state index >= 15 is 0 Å². The smallest absolute Gasteiger partial charge is 0.238 e. The fourth-order valence-corrected chi connectivity index (χ4v) is 7.23. The second-order valence-corrected chi connectivity index (χ2v) is 12.1. The lowest BCUT2D eigenvalue weighted by Gasteiger charge is -2.32. The number of fused-ring (bicyclic) bond motifs is 5. The van der Waals surface area contributed by atoms with Crippen molar-refractivity contribution in [2.75, 3.05) is 4.90 Å². The maximum atomic E-state index is 5.21. The molecule has 3 heterocycles. The maximum absolute atomic E-state index is 5.21. The van der Waals surface area contributed by atoms with Gasteiger partial charge in [-0.2, -0.15) is 9.97 Å². The zero-order chi connectivity index (χ0) is 31.6. The summed E-state index contributed by atoms with van der Waals surface area (Å²) in [7, 11) is 0. The number of aromatic nitrogens is 4. The molecule has 224 valence electrons. The van der Waals surface area contributed by atoms with Gasteiger partial charge in [-0.3, -0.25) is 4.90 Å². The highest BCUT2D eigenvalue weighted by atomic mass is 15.3. The molecule has 48 heavy (non-hydrogen) atoms. The van der Waals surface area contributed by atoms with Gasteiger partial charge in [0, 0.05) is 38.5 Å². The fourth-order valence-electron chi connectivity index (χ4n) is 7.23. The molecule has 0 saturated heterocycles. The Labute approximate surface area is 277 Å². The van der Waals surface area contributed by atoms with Gasteiger partial charge in [0.1, 0.15) is 0 Å². The van der Waals surface area contributed by atoms with E-state index in [0.29, 0.717) is 17.6 Å². The van der Waals surface area contributed by atoms with E-state index in [1.54, 1.807) is 0 Å². The van der Waals surface area contributed by atoms with Crippen molar-refractivity contribution in [2.24, 2.45) is 0 Å². The topological polar surface area (TPSA) is 46.8 Å². The Morgan fingerprint density at radius 2 is 1.04 bits per heavy atom. The van der Waals surface area contributed by atoms with Crippen LogP contribution >= 0.6 is 0 Å². The minimum Gasteiger partial charge on any atom is -0.309 e. The van der Waals surface area contributed by atoms with Crippen LogP contribution in [0.3, 0.4) is 0 Å². The molecule has 0 bridgehead atoms. The Balaban J connectivity index is 1.33. The highest BCUT2D eigenvalue weighted by Crippen LogP contribution is 2.52. The van der Waals surface area contributed by atoms with Crippen molar-refractivity contribution in [3.05, 3.63) is 164 Å². The van der Waals surface area contributed by atoms with Gasteiger partial charge in [-0.1, -0.05) is 127 Å². The van der Waals surface area contributed by atoms with Crippen LogP contribution in [0.4, 0.5) is 17.3 Å². The summed E-state index contributed by atoms with van der Waals surface area (Å²) < 4.78 is 2.36. The highest BCUT2D eigenvalue weighted by molar-refractivity contribution is 6.18. The molecule has 10 rings (SSSR count). The normalized spacial score (nSPS) is 12.1. The maximum Gasteiger partial charge on any atom is 0.238 e. The van der Waals surface area contributed by atoms with E-state index in [4.69, 9.17) is 15.0 Å². The minimum atomic E-state index is 0.577. The largest absolute Gasteiger partial charge is 0.309 e. The first-order valence-electron chi connectivity index (χ1n) is 16.1. The van der Waals surface area contributed by atoms with Crippen molar-refractivity contribution in [1.29, 1.82) is 0 Å². The number of hydrogen-bond donors (Lipinski definition) is 0. The lowest BCUT2D eigenvalue weighted by molar-refractivity contribution is 1.02. The van der Waals surface area contributed by atoms with Crippen LogP contribution in [-0.4, -0.2) is 19.5 Å². The first-order valence-corrected chi connectivity index (χ1v) is 16.1. The first kappa shape index (κ1) is 26.6. The van der Waals surface area contributed by atoms with E-state index < -0.39 is 0 Å². The van der Waals surface area contributed by atoms with Crippen molar-refractivity contribution in [3.63, 3.8) is 0 Å². The summed E-state index contributed by atoms with van der Waals surface area (Å²) in [6.45, 7) is 0. The fraction of sp³-hybridized carbons (Fsp3) is 0. The van der Waals surface area contributed by atoms with Crippen LogP contribution in [0.5, 0.6) is 0 Å². The third-order valence-corrected chi connectivity index (χ3v) is 9.35. The molecule has 1 aliphatic rings. The van der Waals surface area contributed by atoms with Crippen LogP contribution in [0.15, 0.2) is 164 Å². The predicted molar refractivity (Wildman–Crippen MR) is 196 cm³/mol. The van der Waals surface area contributed by atoms with Crippen molar-refractivity contribution >= 4 is 49.9 Å². The zero-order valence-electron chi connectivity index (χ0n) is 25.8. The quantitative estimate of drug-likeness (QED) is 0.198. The van der Waals surface area contributed by atoms with Gasteiger partial charge < -0.3 is 4.57 Å². The Morgan fingerprint density at radius 3 is 1.75 bits per heavy atom. The number of para-hydroxylation sites is 2. The molecule has 0 aliphatic carbocycles. The number of anilines is 3. The molecule has 0 unspecified atom stereocenters. The Bertz CT molecular complexity index is 2600. The summed E-state index contributed by atoms with van der Waals surface area (Å²) in [6.07, 6.45) is 0. The summed E-state index contributed by atoms with van der Waals surface area (Å²) in [5.74, 6) is 1.84. The molecule has 9 aromatic rings. The van der Waals surface area contributed by atoms with E-state index in [1.807, 2.05) is 36.4 Å². The monoisotopic (exact) mass is 613 g/mol. The summed E-state index contributed by atoms with van der Waals surface area (Å²) in [4.78, 5) is 17.7. The molecule has 7 aromatic carbocycles. The first-order chi connectivity index (χ1) is 23.8.